The Labute approximate surface area is 284 Å². The number of piperazine rings is 1. The molecule has 3 atom stereocenters. The molecule has 1 aliphatic carbocycles. The number of para-hydroxylation sites is 1. The number of ether oxygens (including phenoxy) is 1. The van der Waals surface area contributed by atoms with Crippen molar-refractivity contribution in [2.75, 3.05) is 20.2 Å². The van der Waals surface area contributed by atoms with Crippen molar-refractivity contribution in [2.24, 2.45) is 5.92 Å². The number of nitro benzene ring substituents is 1. The number of sulfonamides is 1. The molecule has 49 heavy (non-hydrogen) atoms. The minimum absolute atomic E-state index is 0.100. The van der Waals surface area contributed by atoms with Gasteiger partial charge in [0.2, 0.25) is 11.8 Å². The van der Waals surface area contributed by atoms with Gasteiger partial charge in [0.05, 0.1) is 31.0 Å². The molecule has 17 heteroatoms. The largest absolute Gasteiger partial charge is 0.497 e. The number of benzene rings is 3. The molecule has 1 N–H and O–H groups in total. The number of carbonyl (C=O) groups excluding carboxylic acids is 2. The zero-order valence-electron chi connectivity index (χ0n) is 26.0. The van der Waals surface area contributed by atoms with Gasteiger partial charge in [-0.05, 0) is 61.2 Å². The summed E-state index contributed by atoms with van der Waals surface area (Å²) in [5, 5.41) is 14.2. The van der Waals surface area contributed by atoms with E-state index in [0.717, 1.165) is 35.2 Å². The zero-order chi connectivity index (χ0) is 35.7. The summed E-state index contributed by atoms with van der Waals surface area (Å²) in [6.07, 6.45) is -5.01. The van der Waals surface area contributed by atoms with Crippen LogP contribution in [0.5, 0.6) is 5.75 Å². The molecule has 2 aliphatic rings. The molecule has 1 aliphatic heterocycles. The summed E-state index contributed by atoms with van der Waals surface area (Å²) in [6, 6.07) is 12.5. The molecule has 3 aromatic carbocycles. The first-order chi connectivity index (χ1) is 23.1. The van der Waals surface area contributed by atoms with Crippen LogP contribution in [0.15, 0.2) is 71.6 Å². The Morgan fingerprint density at radius 3 is 2.47 bits per heavy atom. The Bertz CT molecular complexity index is 1860. The van der Waals surface area contributed by atoms with Crippen molar-refractivity contribution in [1.29, 1.82) is 0 Å². The SMILES string of the molecule is COc1ccc(CN2CC(C(=O)NC3CCCC(C(F)(F)F)C3)(c3cc(F)ccc3Cl)N(S(=O)(=O)c3ccccc3[N+](=O)[O-])CC2=O)cc1. The highest BCUT2D eigenvalue weighted by Crippen LogP contribution is 2.44. The van der Waals surface area contributed by atoms with E-state index in [9.17, 15) is 41.3 Å². The maximum Gasteiger partial charge on any atom is 0.391 e. The van der Waals surface area contributed by atoms with E-state index in [1.807, 2.05) is 0 Å². The molecule has 0 aromatic heterocycles. The van der Waals surface area contributed by atoms with Crippen molar-refractivity contribution >= 4 is 39.1 Å². The van der Waals surface area contributed by atoms with E-state index in [1.165, 1.54) is 19.2 Å². The molecule has 1 saturated carbocycles. The summed E-state index contributed by atoms with van der Waals surface area (Å²) in [7, 11) is -3.72. The van der Waals surface area contributed by atoms with Crippen molar-refractivity contribution in [3.8, 4) is 5.75 Å². The summed E-state index contributed by atoms with van der Waals surface area (Å²) in [6.45, 7) is -2.01. The van der Waals surface area contributed by atoms with Crippen molar-refractivity contribution in [3.05, 3.63) is 98.8 Å². The van der Waals surface area contributed by atoms with Gasteiger partial charge in [-0.3, -0.25) is 19.7 Å². The highest BCUT2D eigenvalue weighted by molar-refractivity contribution is 7.89. The molecule has 262 valence electrons. The average molecular weight is 727 g/mol. The standard InChI is InChI=1S/C32H31ClF4N4O7S/c1-48-24-12-9-20(10-13-24)17-39-19-31(25-16-22(34)11-14-26(25)33,30(43)38-23-6-4-5-21(15-23)32(35,36)37)40(18-29(39)42)49(46,47)28-8-3-2-7-27(28)41(44)45/h2-3,7-14,16,21,23H,4-6,15,17-19H2,1H3,(H,38,43). The summed E-state index contributed by atoms with van der Waals surface area (Å²) in [4.78, 5) is 39.8. The van der Waals surface area contributed by atoms with Crippen molar-refractivity contribution in [2.45, 2.75) is 54.9 Å². The molecule has 0 radical (unpaired) electrons. The van der Waals surface area contributed by atoms with Gasteiger partial charge < -0.3 is 15.0 Å². The molecule has 3 unspecified atom stereocenters. The van der Waals surface area contributed by atoms with Crippen LogP contribution < -0.4 is 10.1 Å². The predicted octanol–water partition coefficient (Wildman–Crippen LogP) is 5.56. The monoisotopic (exact) mass is 726 g/mol. The van der Waals surface area contributed by atoms with Crippen LogP contribution in [-0.2, 0) is 31.7 Å². The normalized spacial score (nSPS) is 22.1. The van der Waals surface area contributed by atoms with E-state index in [0.29, 0.717) is 15.6 Å². The van der Waals surface area contributed by atoms with Crippen molar-refractivity contribution in [1.82, 2.24) is 14.5 Å². The molecule has 11 nitrogen and oxygen atoms in total. The summed E-state index contributed by atoms with van der Waals surface area (Å²) in [5.74, 6) is -4.18. The van der Waals surface area contributed by atoms with Gasteiger partial charge in [0, 0.05) is 29.2 Å². The maximum atomic E-state index is 15.0. The number of nitro groups is 1. The number of nitrogens with one attached hydrogen (secondary N) is 1. The fourth-order valence-electron chi connectivity index (χ4n) is 6.40. The van der Waals surface area contributed by atoms with E-state index in [4.69, 9.17) is 16.3 Å². The number of halogens is 5. The Morgan fingerprint density at radius 1 is 1.12 bits per heavy atom. The summed E-state index contributed by atoms with van der Waals surface area (Å²) >= 11 is 6.57. The van der Waals surface area contributed by atoms with Crippen molar-refractivity contribution < 1.29 is 45.2 Å². The van der Waals surface area contributed by atoms with Crippen LogP contribution in [0.1, 0.15) is 36.8 Å². The topological polar surface area (TPSA) is 139 Å². The lowest BCUT2D eigenvalue weighted by Crippen LogP contribution is -2.69. The number of amides is 2. The van der Waals surface area contributed by atoms with Crippen LogP contribution in [0.3, 0.4) is 0 Å². The molecular weight excluding hydrogens is 696 g/mol. The first-order valence-corrected chi connectivity index (χ1v) is 16.9. The second-order valence-electron chi connectivity index (χ2n) is 11.9. The molecule has 5 rings (SSSR count). The maximum absolute atomic E-state index is 15.0. The smallest absolute Gasteiger partial charge is 0.391 e. The number of carbonyl (C=O) groups is 2. The zero-order valence-corrected chi connectivity index (χ0v) is 27.5. The number of nitrogens with zero attached hydrogens (tertiary/aromatic N) is 3. The van der Waals surface area contributed by atoms with E-state index >= 15 is 4.39 Å². The van der Waals surface area contributed by atoms with Gasteiger partial charge in [-0.1, -0.05) is 42.3 Å². The van der Waals surface area contributed by atoms with Gasteiger partial charge in [0.25, 0.3) is 15.7 Å². The van der Waals surface area contributed by atoms with Gasteiger partial charge in [-0.25, -0.2) is 12.8 Å². The minimum atomic E-state index is -5.18. The second kappa shape index (κ2) is 13.9. The predicted molar refractivity (Wildman–Crippen MR) is 168 cm³/mol. The van der Waals surface area contributed by atoms with Gasteiger partial charge in [0.15, 0.2) is 10.4 Å². The third kappa shape index (κ3) is 7.21. The fourth-order valence-corrected chi connectivity index (χ4v) is 8.49. The number of rotatable bonds is 9. The fraction of sp³-hybridized carbons (Fsp3) is 0.375. The van der Waals surface area contributed by atoms with Gasteiger partial charge >= 0.3 is 6.18 Å². The molecule has 0 spiro atoms. The Morgan fingerprint density at radius 2 is 1.82 bits per heavy atom. The Hall–Kier alpha value is -4.28. The molecule has 2 fully saturated rings. The highest BCUT2D eigenvalue weighted by atomic mass is 35.5. The minimum Gasteiger partial charge on any atom is -0.497 e. The lowest BCUT2D eigenvalue weighted by atomic mass is 9.82. The van der Waals surface area contributed by atoms with E-state index in [2.05, 4.69) is 5.32 Å². The third-order valence-electron chi connectivity index (χ3n) is 8.86. The lowest BCUT2D eigenvalue weighted by Gasteiger charge is -2.49. The van der Waals surface area contributed by atoms with Crippen LogP contribution in [0, 0.1) is 21.8 Å². The van der Waals surface area contributed by atoms with E-state index in [-0.39, 0.29) is 30.8 Å². The number of hydrogen-bond donors (Lipinski definition) is 1. The Balaban J connectivity index is 1.70. The van der Waals surface area contributed by atoms with E-state index < -0.39 is 91.9 Å². The summed E-state index contributed by atoms with van der Waals surface area (Å²) < 4.78 is 90.9. The van der Waals surface area contributed by atoms with Gasteiger partial charge in [-0.2, -0.15) is 17.5 Å². The van der Waals surface area contributed by atoms with Crippen LogP contribution in [-0.4, -0.2) is 66.8 Å². The van der Waals surface area contributed by atoms with E-state index in [1.54, 1.807) is 24.3 Å². The summed E-state index contributed by atoms with van der Waals surface area (Å²) in [5.41, 5.74) is -3.35. The quantitative estimate of drug-likeness (QED) is 0.173. The number of methoxy groups -OCH3 is 1. The van der Waals surface area contributed by atoms with Crippen LogP contribution in [0.25, 0.3) is 0 Å². The molecule has 1 saturated heterocycles. The van der Waals surface area contributed by atoms with Crippen LogP contribution >= 0.6 is 11.6 Å². The average Bonchev–Trinajstić information content (AvgIpc) is 3.06. The molecule has 2 amide bonds. The Kier molecular flexibility index (Phi) is 10.2. The van der Waals surface area contributed by atoms with Crippen molar-refractivity contribution in [3.63, 3.8) is 0 Å². The molecule has 1 heterocycles. The van der Waals surface area contributed by atoms with Crippen LogP contribution in [0.2, 0.25) is 5.02 Å². The molecule has 0 bridgehead atoms. The first-order valence-electron chi connectivity index (χ1n) is 15.1. The number of hydrogen-bond acceptors (Lipinski definition) is 7. The second-order valence-corrected chi connectivity index (χ2v) is 14.1. The highest BCUT2D eigenvalue weighted by Gasteiger charge is 2.59. The lowest BCUT2D eigenvalue weighted by molar-refractivity contribution is -0.387. The molecular formula is C32H31ClF4N4O7S. The van der Waals surface area contributed by atoms with Gasteiger partial charge in [0.1, 0.15) is 11.6 Å². The van der Waals surface area contributed by atoms with Gasteiger partial charge in [-0.15, -0.1) is 0 Å². The number of alkyl halides is 3. The third-order valence-corrected chi connectivity index (χ3v) is 11.1. The molecule has 3 aromatic rings. The van der Waals surface area contributed by atoms with Crippen LogP contribution in [0.4, 0.5) is 23.2 Å². The first kappa shape index (κ1) is 36.0.